The number of hydrogen-bond acceptors (Lipinski definition) is 4. The third-order valence-electron chi connectivity index (χ3n) is 4.95. The van der Waals surface area contributed by atoms with Crippen LogP contribution in [0.5, 0.6) is 5.75 Å². The molecule has 160 valence electrons. The van der Waals surface area contributed by atoms with Gasteiger partial charge in [-0.1, -0.05) is 11.6 Å². The van der Waals surface area contributed by atoms with Crippen molar-refractivity contribution in [3.05, 3.63) is 58.6 Å². The number of rotatable bonds is 7. The largest absolute Gasteiger partial charge is 0.485 e. The first-order chi connectivity index (χ1) is 14.1. The van der Waals surface area contributed by atoms with E-state index in [2.05, 4.69) is 5.10 Å². The highest BCUT2D eigenvalue weighted by Crippen LogP contribution is 2.30. The molecule has 0 aromatic heterocycles. The van der Waals surface area contributed by atoms with Crippen molar-refractivity contribution in [1.29, 1.82) is 0 Å². The smallest absolute Gasteiger partial charge is 0.309 e. The molecule has 1 aliphatic heterocycles. The second kappa shape index (κ2) is 8.60. The number of benzene rings is 2. The van der Waals surface area contributed by atoms with Gasteiger partial charge in [-0.25, -0.2) is 8.78 Å². The molecule has 30 heavy (non-hydrogen) atoms. The summed E-state index contributed by atoms with van der Waals surface area (Å²) in [7, 11) is 0. The Morgan fingerprint density at radius 3 is 2.43 bits per heavy atom. The Labute approximate surface area is 178 Å². The van der Waals surface area contributed by atoms with E-state index in [-0.39, 0.29) is 24.6 Å². The van der Waals surface area contributed by atoms with Crippen molar-refractivity contribution >= 4 is 29.0 Å². The van der Waals surface area contributed by atoms with Gasteiger partial charge in [0.05, 0.1) is 17.1 Å². The summed E-state index contributed by atoms with van der Waals surface area (Å²) < 4.78 is 34.6. The highest BCUT2D eigenvalue weighted by atomic mass is 35.5. The number of carboxylic acids is 1. The maximum atomic E-state index is 14.5. The van der Waals surface area contributed by atoms with Gasteiger partial charge in [0.15, 0.2) is 17.4 Å². The molecule has 0 bridgehead atoms. The van der Waals surface area contributed by atoms with Gasteiger partial charge >= 0.3 is 5.97 Å². The molecule has 0 amide bonds. The van der Waals surface area contributed by atoms with Crippen LogP contribution in [0.15, 0.2) is 41.5 Å². The molecule has 3 rings (SSSR count). The van der Waals surface area contributed by atoms with Crippen LogP contribution in [0.4, 0.5) is 14.5 Å². The van der Waals surface area contributed by atoms with E-state index in [1.807, 2.05) is 19.1 Å². The minimum Gasteiger partial charge on any atom is -0.485 e. The average Bonchev–Trinajstić information content (AvgIpc) is 3.01. The molecule has 1 aliphatic rings. The molecule has 0 spiro atoms. The second-order valence-corrected chi connectivity index (χ2v) is 8.52. The summed E-state index contributed by atoms with van der Waals surface area (Å²) >= 11 is 5.93. The molecule has 2 aromatic rings. The zero-order valence-corrected chi connectivity index (χ0v) is 17.7. The predicted octanol–water partition coefficient (Wildman–Crippen LogP) is 5.31. The van der Waals surface area contributed by atoms with E-state index in [0.29, 0.717) is 11.4 Å². The monoisotopic (exact) mass is 436 g/mol. The molecular weight excluding hydrogens is 414 g/mol. The average molecular weight is 437 g/mol. The first kappa shape index (κ1) is 22.0. The molecular formula is C22H23ClF2N2O3. The van der Waals surface area contributed by atoms with Crippen LogP contribution in [0.3, 0.4) is 0 Å². The van der Waals surface area contributed by atoms with Crippen LogP contribution in [0, 0.1) is 17.0 Å². The second-order valence-electron chi connectivity index (χ2n) is 8.08. The van der Waals surface area contributed by atoms with Crippen LogP contribution in [-0.2, 0) is 11.2 Å². The van der Waals surface area contributed by atoms with Crippen molar-refractivity contribution in [2.75, 3.05) is 11.6 Å². The molecule has 1 heterocycles. The summed E-state index contributed by atoms with van der Waals surface area (Å²) in [6.45, 7) is 4.91. The van der Waals surface area contributed by atoms with Crippen molar-refractivity contribution in [2.45, 2.75) is 39.7 Å². The lowest BCUT2D eigenvalue weighted by molar-refractivity contribution is -0.146. The van der Waals surface area contributed by atoms with Gasteiger partial charge in [-0.2, -0.15) is 5.10 Å². The lowest BCUT2D eigenvalue weighted by Crippen LogP contribution is -2.32. The van der Waals surface area contributed by atoms with E-state index in [1.54, 1.807) is 17.1 Å². The number of carbonyl (C=O) groups is 1. The third kappa shape index (κ3) is 4.90. The zero-order chi connectivity index (χ0) is 22.1. The Kier molecular flexibility index (Phi) is 6.31. The van der Waals surface area contributed by atoms with Crippen molar-refractivity contribution in [3.63, 3.8) is 0 Å². The van der Waals surface area contributed by atoms with Gasteiger partial charge in [0.2, 0.25) is 0 Å². The number of anilines is 1. The molecule has 1 N–H and O–H groups in total. The van der Waals surface area contributed by atoms with Crippen LogP contribution in [-0.4, -0.2) is 29.4 Å². The molecule has 5 nitrogen and oxygen atoms in total. The first-order valence-electron chi connectivity index (χ1n) is 9.50. The number of carboxylic acid groups (broad SMARTS) is 1. The van der Waals surface area contributed by atoms with Crippen molar-refractivity contribution < 1.29 is 23.4 Å². The molecule has 0 fully saturated rings. The van der Waals surface area contributed by atoms with E-state index < -0.39 is 28.8 Å². The number of ether oxygens (including phenoxy) is 1. The molecule has 0 saturated heterocycles. The maximum Gasteiger partial charge on any atom is 0.309 e. The summed E-state index contributed by atoms with van der Waals surface area (Å²) in [6.07, 6.45) is 0.590. The number of aliphatic carboxylic acids is 1. The van der Waals surface area contributed by atoms with Gasteiger partial charge in [0.25, 0.3) is 0 Å². The van der Waals surface area contributed by atoms with Crippen molar-refractivity contribution in [2.24, 2.45) is 10.5 Å². The minimum absolute atomic E-state index is 0.00351. The highest BCUT2D eigenvalue weighted by molar-refractivity contribution is 6.30. The van der Waals surface area contributed by atoms with Crippen LogP contribution >= 0.6 is 11.6 Å². The molecule has 0 radical (unpaired) electrons. The maximum absolute atomic E-state index is 14.5. The van der Waals surface area contributed by atoms with Crippen molar-refractivity contribution in [3.8, 4) is 5.75 Å². The number of hydrogen-bond donors (Lipinski definition) is 1. The van der Waals surface area contributed by atoms with Gasteiger partial charge in [-0.3, -0.25) is 9.80 Å². The summed E-state index contributed by atoms with van der Waals surface area (Å²) in [5.41, 5.74) is 0.800. The number of nitrogens with zero attached hydrogens (tertiary/aromatic N) is 2. The third-order valence-corrected chi connectivity index (χ3v) is 5.20. The quantitative estimate of drug-likeness (QED) is 0.639. The van der Waals surface area contributed by atoms with Gasteiger partial charge < -0.3 is 9.84 Å². The Bertz CT molecular complexity index is 954. The fraction of sp³-hybridized carbons (Fsp3) is 0.364. The molecule has 0 saturated carbocycles. The Morgan fingerprint density at radius 2 is 1.87 bits per heavy atom. The Balaban J connectivity index is 1.73. The van der Waals surface area contributed by atoms with E-state index in [0.717, 1.165) is 23.5 Å². The summed E-state index contributed by atoms with van der Waals surface area (Å²) in [4.78, 5) is 11.3. The van der Waals surface area contributed by atoms with Crippen molar-refractivity contribution in [1.82, 2.24) is 0 Å². The Morgan fingerprint density at radius 1 is 1.27 bits per heavy atom. The summed E-state index contributed by atoms with van der Waals surface area (Å²) in [5, 5.41) is 16.1. The van der Waals surface area contributed by atoms with Crippen LogP contribution in [0.25, 0.3) is 0 Å². The van der Waals surface area contributed by atoms with Gasteiger partial charge in [0, 0.05) is 17.2 Å². The number of halogens is 3. The normalized spacial score (nSPS) is 16.5. The van der Waals surface area contributed by atoms with Crippen LogP contribution < -0.4 is 9.75 Å². The molecule has 0 aliphatic carbocycles. The highest BCUT2D eigenvalue weighted by Gasteiger charge is 2.30. The lowest BCUT2D eigenvalue weighted by Gasteiger charge is -2.24. The van der Waals surface area contributed by atoms with Crippen LogP contribution in [0.1, 0.15) is 32.8 Å². The van der Waals surface area contributed by atoms with Gasteiger partial charge in [0.1, 0.15) is 6.61 Å². The molecule has 2 aromatic carbocycles. The summed E-state index contributed by atoms with van der Waals surface area (Å²) in [5.74, 6) is -3.24. The topological polar surface area (TPSA) is 62.1 Å². The minimum atomic E-state index is -1.14. The van der Waals surface area contributed by atoms with Gasteiger partial charge in [-0.05, 0) is 69.2 Å². The predicted molar refractivity (Wildman–Crippen MR) is 112 cm³/mol. The van der Waals surface area contributed by atoms with E-state index in [1.165, 1.54) is 13.8 Å². The SMILES string of the molecule is CC1=NN(c2ccc(Cl)cc2)C(COc2c(F)cc(CC(C)(C)C(=O)O)cc2F)C1. The Hall–Kier alpha value is -2.67. The fourth-order valence-corrected chi connectivity index (χ4v) is 3.47. The van der Waals surface area contributed by atoms with E-state index >= 15 is 0 Å². The van der Waals surface area contributed by atoms with Crippen LogP contribution in [0.2, 0.25) is 5.02 Å². The van der Waals surface area contributed by atoms with Gasteiger partial charge in [-0.15, -0.1) is 0 Å². The summed E-state index contributed by atoms with van der Waals surface area (Å²) in [6, 6.07) is 9.14. The molecule has 1 atom stereocenters. The molecule has 8 heteroatoms. The first-order valence-corrected chi connectivity index (χ1v) is 9.87. The number of hydrazone groups is 1. The fourth-order valence-electron chi connectivity index (χ4n) is 3.34. The zero-order valence-electron chi connectivity index (χ0n) is 17.0. The molecule has 1 unspecified atom stereocenters. The van der Waals surface area contributed by atoms with E-state index in [4.69, 9.17) is 16.3 Å². The van der Waals surface area contributed by atoms with E-state index in [9.17, 15) is 18.7 Å². The lowest BCUT2D eigenvalue weighted by atomic mass is 9.86. The standard InChI is InChI=1S/C22H23ClF2N2O3/c1-13-8-17(27(26-13)16-6-4-15(23)5-7-16)12-30-20-18(24)9-14(10-19(20)25)11-22(2,3)21(28)29/h4-7,9-10,17H,8,11-12H2,1-3H3,(H,28,29).